The molecule has 0 N–H and O–H groups in total. The van der Waals surface area contributed by atoms with E-state index in [-0.39, 0.29) is 12.5 Å². The molecule has 1 fully saturated rings. The third-order valence-corrected chi connectivity index (χ3v) is 2.24. The summed E-state index contributed by atoms with van der Waals surface area (Å²) in [5, 5.41) is 10.8. The first-order valence-electron chi connectivity index (χ1n) is 4.53. The molecule has 1 radical (unpaired) electrons. The molecule has 13 heavy (non-hydrogen) atoms. The summed E-state index contributed by atoms with van der Waals surface area (Å²) in [6, 6.07) is 0. The predicted octanol–water partition coefficient (Wildman–Crippen LogP) is 0.302. The second kappa shape index (κ2) is 4.07. The maximum Gasteiger partial charge on any atom is 0.230 e. The van der Waals surface area contributed by atoms with Crippen LogP contribution in [0.1, 0.15) is 13.8 Å². The van der Waals surface area contributed by atoms with Gasteiger partial charge in [-0.15, -0.1) is 0 Å². The minimum absolute atomic E-state index is 0.0502. The molecule has 0 atom stereocenters. The first kappa shape index (κ1) is 10.5. The molecule has 4 nitrogen and oxygen atoms in total. The van der Waals surface area contributed by atoms with E-state index in [9.17, 15) is 9.90 Å². The summed E-state index contributed by atoms with van der Waals surface area (Å²) in [5.74, 6) is -0.0502. The molecule has 0 unspecified atom stereocenters. The topological polar surface area (TPSA) is 49.4 Å². The van der Waals surface area contributed by atoms with Gasteiger partial charge in [-0.3, -0.25) is 4.79 Å². The maximum absolute atomic E-state index is 11.7. The van der Waals surface area contributed by atoms with Gasteiger partial charge in [-0.2, -0.15) is 0 Å². The molecule has 0 aromatic rings. The van der Waals surface area contributed by atoms with Crippen molar-refractivity contribution in [3.63, 3.8) is 0 Å². The Morgan fingerprint density at radius 3 is 2.38 bits per heavy atom. The summed E-state index contributed by atoms with van der Waals surface area (Å²) < 4.78 is 5.12. The number of hydrogen-bond acceptors (Lipinski definition) is 2. The lowest BCUT2D eigenvalue weighted by Crippen LogP contribution is -2.47. The fourth-order valence-electron chi connectivity index (χ4n) is 1.26. The number of amides is 1. The van der Waals surface area contributed by atoms with Crippen molar-refractivity contribution in [3.05, 3.63) is 0 Å². The standard InChI is InChI=1S/C9H16NO3/c1-9(2,7-11)8(12)10-3-5-13-6-4-10/h3-7H2,1-2H3. The van der Waals surface area contributed by atoms with E-state index in [0.29, 0.717) is 26.3 Å². The predicted molar refractivity (Wildman–Crippen MR) is 46.7 cm³/mol. The van der Waals surface area contributed by atoms with Crippen molar-refractivity contribution in [1.82, 2.24) is 4.90 Å². The molecule has 0 aromatic heterocycles. The van der Waals surface area contributed by atoms with Crippen LogP contribution in [-0.2, 0) is 14.6 Å². The van der Waals surface area contributed by atoms with Crippen molar-refractivity contribution >= 4 is 5.91 Å². The van der Waals surface area contributed by atoms with Crippen LogP contribution in [0.3, 0.4) is 0 Å². The lowest BCUT2D eigenvalue weighted by molar-refractivity contribution is -0.147. The van der Waals surface area contributed by atoms with E-state index in [1.807, 2.05) is 0 Å². The third kappa shape index (κ3) is 2.42. The van der Waals surface area contributed by atoms with Crippen LogP contribution in [0.2, 0.25) is 0 Å². The van der Waals surface area contributed by atoms with E-state index in [0.717, 1.165) is 0 Å². The van der Waals surface area contributed by atoms with Gasteiger partial charge >= 0.3 is 0 Å². The van der Waals surface area contributed by atoms with Crippen LogP contribution in [0, 0.1) is 5.41 Å². The molecule has 0 aliphatic carbocycles. The summed E-state index contributed by atoms with van der Waals surface area (Å²) in [6.45, 7) is 5.42. The van der Waals surface area contributed by atoms with Crippen LogP contribution >= 0.6 is 0 Å². The Morgan fingerprint density at radius 2 is 1.92 bits per heavy atom. The number of morpholine rings is 1. The number of hydrogen-bond donors (Lipinski definition) is 0. The molecule has 0 spiro atoms. The Morgan fingerprint density at radius 1 is 1.38 bits per heavy atom. The molecule has 4 heteroatoms. The summed E-state index contributed by atoms with van der Waals surface area (Å²) >= 11 is 0. The molecule has 0 saturated carbocycles. The highest BCUT2D eigenvalue weighted by atomic mass is 16.5. The van der Waals surface area contributed by atoms with Crippen molar-refractivity contribution in [2.45, 2.75) is 13.8 Å². The third-order valence-electron chi connectivity index (χ3n) is 2.24. The van der Waals surface area contributed by atoms with Crippen LogP contribution in [-0.4, -0.2) is 43.7 Å². The number of nitrogens with zero attached hydrogens (tertiary/aromatic N) is 1. The van der Waals surface area contributed by atoms with Gasteiger partial charge in [0, 0.05) is 13.1 Å². The fraction of sp³-hybridized carbons (Fsp3) is 0.889. The van der Waals surface area contributed by atoms with Crippen LogP contribution in [0.15, 0.2) is 0 Å². The molecule has 1 saturated heterocycles. The largest absolute Gasteiger partial charge is 0.378 e. The van der Waals surface area contributed by atoms with E-state index in [1.54, 1.807) is 18.7 Å². The molecule has 1 aliphatic rings. The van der Waals surface area contributed by atoms with Gasteiger partial charge in [-0.1, -0.05) is 0 Å². The highest BCUT2D eigenvalue weighted by molar-refractivity contribution is 5.82. The van der Waals surface area contributed by atoms with E-state index < -0.39 is 5.41 Å². The second-order valence-electron chi connectivity index (χ2n) is 3.93. The van der Waals surface area contributed by atoms with Crippen molar-refractivity contribution in [2.75, 3.05) is 32.9 Å². The van der Waals surface area contributed by atoms with Gasteiger partial charge in [0.05, 0.1) is 25.2 Å². The summed E-state index contributed by atoms with van der Waals surface area (Å²) in [6.07, 6.45) is 0. The highest BCUT2D eigenvalue weighted by Crippen LogP contribution is 2.18. The maximum atomic E-state index is 11.7. The van der Waals surface area contributed by atoms with Crippen LogP contribution in [0.5, 0.6) is 0 Å². The van der Waals surface area contributed by atoms with Crippen molar-refractivity contribution in [2.24, 2.45) is 5.41 Å². The number of carbonyl (C=O) groups is 1. The molecule has 0 bridgehead atoms. The van der Waals surface area contributed by atoms with E-state index >= 15 is 0 Å². The Kier molecular flexibility index (Phi) is 3.27. The minimum Gasteiger partial charge on any atom is -0.378 e. The second-order valence-corrected chi connectivity index (χ2v) is 3.93. The lowest BCUT2D eigenvalue weighted by atomic mass is 9.93. The Balaban J connectivity index is 2.55. The molecular formula is C9H16NO3. The monoisotopic (exact) mass is 186 g/mol. The molecular weight excluding hydrogens is 170 g/mol. The minimum atomic E-state index is -0.767. The normalized spacial score (nSPS) is 18.8. The molecule has 1 aliphatic heterocycles. The average Bonchev–Trinajstić information content (AvgIpc) is 2.18. The fourth-order valence-corrected chi connectivity index (χ4v) is 1.26. The van der Waals surface area contributed by atoms with Gasteiger partial charge in [0.1, 0.15) is 0 Å². The van der Waals surface area contributed by atoms with Crippen LogP contribution < -0.4 is 0 Å². The van der Waals surface area contributed by atoms with Gasteiger partial charge in [0.15, 0.2) is 0 Å². The number of ether oxygens (including phenoxy) is 1. The van der Waals surface area contributed by atoms with Gasteiger partial charge < -0.3 is 9.64 Å². The zero-order valence-electron chi connectivity index (χ0n) is 8.21. The van der Waals surface area contributed by atoms with E-state index in [4.69, 9.17) is 4.74 Å². The van der Waals surface area contributed by atoms with Crippen molar-refractivity contribution in [3.8, 4) is 0 Å². The van der Waals surface area contributed by atoms with Crippen molar-refractivity contribution < 1.29 is 14.6 Å². The SMILES string of the molecule is CC(C)(C[O])C(=O)N1CCOCC1. The Labute approximate surface area is 78.5 Å². The smallest absolute Gasteiger partial charge is 0.230 e. The first-order chi connectivity index (χ1) is 6.08. The van der Waals surface area contributed by atoms with Gasteiger partial charge in [-0.05, 0) is 13.8 Å². The first-order valence-corrected chi connectivity index (χ1v) is 4.53. The average molecular weight is 186 g/mol. The number of carbonyl (C=O) groups excluding carboxylic acids is 1. The summed E-state index contributed by atoms with van der Waals surface area (Å²) in [5.41, 5.74) is -0.767. The van der Waals surface area contributed by atoms with Gasteiger partial charge in [0.2, 0.25) is 5.91 Å². The van der Waals surface area contributed by atoms with Crippen LogP contribution in [0.25, 0.3) is 0 Å². The molecule has 75 valence electrons. The Bertz CT molecular complexity index is 185. The van der Waals surface area contributed by atoms with Crippen LogP contribution in [0.4, 0.5) is 0 Å². The number of rotatable bonds is 2. The van der Waals surface area contributed by atoms with E-state index in [1.165, 1.54) is 0 Å². The molecule has 0 aromatic carbocycles. The molecule has 1 rings (SSSR count). The Hall–Kier alpha value is -0.610. The lowest BCUT2D eigenvalue weighted by Gasteiger charge is -2.32. The summed E-state index contributed by atoms with van der Waals surface area (Å²) in [7, 11) is 0. The molecule has 1 amide bonds. The molecule has 1 heterocycles. The zero-order chi connectivity index (χ0) is 9.90. The van der Waals surface area contributed by atoms with Gasteiger partial charge in [0.25, 0.3) is 0 Å². The zero-order valence-corrected chi connectivity index (χ0v) is 8.21. The van der Waals surface area contributed by atoms with Gasteiger partial charge in [-0.25, -0.2) is 5.11 Å². The van der Waals surface area contributed by atoms with Crippen molar-refractivity contribution in [1.29, 1.82) is 0 Å². The van der Waals surface area contributed by atoms with E-state index in [2.05, 4.69) is 0 Å². The summed E-state index contributed by atoms with van der Waals surface area (Å²) in [4.78, 5) is 13.4. The quantitative estimate of drug-likeness (QED) is 0.623. The highest BCUT2D eigenvalue weighted by Gasteiger charge is 2.32.